The first-order valence-corrected chi connectivity index (χ1v) is 53.6. The molecule has 39 heteroatoms. The summed E-state index contributed by atoms with van der Waals surface area (Å²) in [5, 5.41) is 27.6. The second-order valence-electron chi connectivity index (χ2n) is 33.5. The van der Waals surface area contributed by atoms with Gasteiger partial charge in [0, 0.05) is 93.4 Å². The molecule has 11 aromatic rings. The third kappa shape index (κ3) is 31.7. The lowest BCUT2D eigenvalue weighted by molar-refractivity contribution is -0.132. The average molecular weight is 2010 g/mol. The Morgan fingerprint density at radius 1 is 0.446 bits per heavy atom. The highest BCUT2D eigenvalue weighted by molar-refractivity contribution is 8.01. The maximum atomic E-state index is 13.3. The number of para-hydroxylation sites is 1. The maximum Gasteiger partial charge on any atom is 0.244 e. The van der Waals surface area contributed by atoms with Gasteiger partial charge in [0.15, 0.2) is 4.34 Å². The monoisotopic (exact) mass is 2000 g/mol. The molecule has 8 amide bonds. The largest absolute Gasteiger partial charge is 0.467 e. The number of nitrogens with zero attached hydrogens (tertiary/aromatic N) is 4. The number of likely N-dealkylation sites (N-methyl/N-ethyl adjacent to an activating group) is 1. The Balaban J connectivity index is 0.000000163. The fraction of sp³-hybridized carbons (Fsp3) is 0.320. The quantitative estimate of drug-likeness (QED) is 0.00985. The van der Waals surface area contributed by atoms with Crippen molar-refractivity contribution in [1.29, 1.82) is 0 Å². The smallest absolute Gasteiger partial charge is 0.244 e. The number of amides is 8. The molecule has 5 aliphatic rings. The van der Waals surface area contributed by atoms with E-state index in [1.165, 1.54) is 91.4 Å². The molecule has 0 bridgehead atoms. The van der Waals surface area contributed by atoms with Crippen molar-refractivity contribution in [2.24, 2.45) is 5.73 Å². The topological polar surface area (TPSA) is 477 Å². The minimum absolute atomic E-state index is 0.0332. The van der Waals surface area contributed by atoms with Crippen molar-refractivity contribution >= 4 is 144 Å². The number of hydrogen-bond acceptors (Lipinski definition) is 23. The molecule has 2 aromatic heterocycles. The molecule has 9 aromatic carbocycles. The molecule has 0 spiro atoms. The van der Waals surface area contributed by atoms with Crippen molar-refractivity contribution in [3.05, 3.63) is 293 Å². The van der Waals surface area contributed by atoms with Gasteiger partial charge in [0.05, 0.1) is 32.4 Å². The first-order valence-electron chi connectivity index (χ1n) is 45.9. The van der Waals surface area contributed by atoms with Crippen molar-refractivity contribution in [3.8, 4) is 0 Å². The lowest BCUT2D eigenvalue weighted by Gasteiger charge is -2.26. The van der Waals surface area contributed by atoms with E-state index in [1.54, 1.807) is 53.4 Å². The Labute approximate surface area is 819 Å². The summed E-state index contributed by atoms with van der Waals surface area (Å²) < 4.78 is 122. The number of rotatable bonds is 36. The van der Waals surface area contributed by atoms with Crippen LogP contribution < -0.4 is 66.7 Å². The Morgan fingerprint density at radius 3 is 1.14 bits per heavy atom. The number of carbonyl (C=O) groups is 8. The van der Waals surface area contributed by atoms with Crippen LogP contribution in [0.15, 0.2) is 271 Å². The van der Waals surface area contributed by atoms with Crippen molar-refractivity contribution in [3.63, 3.8) is 0 Å². The number of furan rings is 1. The van der Waals surface area contributed by atoms with Gasteiger partial charge in [0.1, 0.15) is 29.9 Å². The lowest BCUT2D eigenvalue weighted by atomic mass is 10.0. The van der Waals surface area contributed by atoms with E-state index in [2.05, 4.69) is 71.2 Å². The van der Waals surface area contributed by atoms with Crippen LogP contribution in [0, 0.1) is 0 Å². The lowest BCUT2D eigenvalue weighted by Crippen LogP contribution is -2.49. The number of aromatic nitrogens is 2. The van der Waals surface area contributed by atoms with Crippen LogP contribution in [0.2, 0.25) is 0 Å². The highest BCUT2D eigenvalue weighted by atomic mass is 32.2. The van der Waals surface area contributed by atoms with Crippen molar-refractivity contribution < 1.29 is 76.4 Å². The van der Waals surface area contributed by atoms with E-state index in [9.17, 15) is 72.0 Å². The minimum atomic E-state index is -4.03. The van der Waals surface area contributed by atoms with Crippen LogP contribution in [0.4, 0.5) is 33.6 Å². The highest BCUT2D eigenvalue weighted by Gasteiger charge is 2.35. The highest BCUT2D eigenvalue weighted by Crippen LogP contribution is 2.32. The Morgan fingerprint density at radius 2 is 0.799 bits per heavy atom. The molecule has 0 radical (unpaired) electrons. The van der Waals surface area contributed by atoms with Crippen LogP contribution >= 0.6 is 23.1 Å². The summed E-state index contributed by atoms with van der Waals surface area (Å²) in [6.07, 6.45) is 11.4. The fourth-order valence-corrected chi connectivity index (χ4v) is 22.4. The van der Waals surface area contributed by atoms with Crippen molar-refractivity contribution in [2.75, 3.05) is 70.5 Å². The molecular weight excluding hydrogens is 1890 g/mol. The van der Waals surface area contributed by atoms with Gasteiger partial charge >= 0.3 is 0 Å². The predicted molar refractivity (Wildman–Crippen MR) is 538 cm³/mol. The van der Waals surface area contributed by atoms with Gasteiger partial charge in [-0.3, -0.25) is 43.7 Å². The summed E-state index contributed by atoms with van der Waals surface area (Å²) in [5.41, 5.74) is 15.4. The number of sulfonamides is 4. The standard InChI is InChI=1S/C28H32N4O4S.C23H23N3O5S.C22H23N5O4S3.C22H27N3O4S.C5H11N/c1-32(23-11-6-3-7-12-23)18-8-17-29-28(34)26(19-21-9-4-2-5-10-21)31-37(35,36)24-14-15-25-22(20-24)13-16-27(33)30-25;27-22-11-8-17-14-19(9-10-20(17)25-22)32(29,30)26-21(13-16-5-2-1-3-6-16)23(28)24-15-18-7-4-12-31-18;1-2-32-22-26-25-21(33-22)24-20(29)18(12-14-6-4-3-5-7-14)27-34(30,31)16-9-10-17-15(13-16)8-11-19(28)23-17;1-3-25(4-2)22(27)20(14-16-8-6-5-7-9-16)24-30(28,29)18-11-12-19-17(15-18)10-13-21(26)23-19;6-5-3-1-2-4-5/h2-7,9-12,14-15,20,26,31H,8,13,16-19H2,1H3,(H,29,34)(H,30,33);1-7,9-10,12,14,21,26H,8,11,13,15H2,(H,24,28)(H,25,27);3-7,9-10,13,18,27H,2,8,11-12H2,1H3,(H,23,28)(H,24,25,29);5-9,11-12,15,20,24H,3-4,10,13-14H2,1-2H3,(H,23,26);5H,1-4,6H2. The molecule has 1 saturated carbocycles. The Bertz CT molecular complexity index is 6530. The zero-order chi connectivity index (χ0) is 99.1. The first-order chi connectivity index (χ1) is 66.8. The number of fused-ring (bicyclic) bond motifs is 4. The van der Waals surface area contributed by atoms with Gasteiger partial charge in [-0.2, -0.15) is 18.9 Å². The fourth-order valence-electron chi connectivity index (χ4n) is 15.8. The van der Waals surface area contributed by atoms with E-state index in [4.69, 9.17) is 10.2 Å². The first kappa shape index (κ1) is 105. The minimum Gasteiger partial charge on any atom is -0.467 e. The molecule has 0 saturated heterocycles. The van der Waals surface area contributed by atoms with Gasteiger partial charge in [-0.25, -0.2) is 33.7 Å². The summed E-state index contributed by atoms with van der Waals surface area (Å²) in [4.78, 5) is 102. The van der Waals surface area contributed by atoms with Gasteiger partial charge in [0.25, 0.3) is 0 Å². The molecule has 33 nitrogen and oxygen atoms in total. The van der Waals surface area contributed by atoms with E-state index in [1.807, 2.05) is 179 Å². The molecule has 734 valence electrons. The molecular formula is C100H116N16O17S6. The van der Waals surface area contributed by atoms with E-state index >= 15 is 0 Å². The number of nitrogens with two attached hydrogens (primary N) is 1. The van der Waals surface area contributed by atoms with Crippen LogP contribution in [-0.2, 0) is 136 Å². The van der Waals surface area contributed by atoms with E-state index in [0.717, 1.165) is 66.8 Å². The van der Waals surface area contributed by atoms with Gasteiger partial charge in [-0.15, -0.1) is 10.2 Å². The van der Waals surface area contributed by atoms with Gasteiger partial charge in [-0.1, -0.05) is 182 Å². The number of nitrogens with one attached hydrogen (secondary N) is 11. The number of thioether (sulfide) groups is 1. The van der Waals surface area contributed by atoms with E-state index in [-0.39, 0.29) is 87.3 Å². The summed E-state index contributed by atoms with van der Waals surface area (Å²) in [7, 11) is -13.9. The third-order valence-electron chi connectivity index (χ3n) is 23.3. The molecule has 1 fully saturated rings. The molecule has 1 aliphatic carbocycles. The third-order valence-corrected chi connectivity index (χ3v) is 31.0. The molecule has 13 N–H and O–H groups in total. The van der Waals surface area contributed by atoms with Crippen LogP contribution in [-0.4, -0.2) is 165 Å². The van der Waals surface area contributed by atoms with Gasteiger partial charge in [-0.05, 0) is 232 Å². The van der Waals surface area contributed by atoms with Crippen LogP contribution in [0.25, 0.3) is 0 Å². The summed E-state index contributed by atoms with van der Waals surface area (Å²) in [6, 6.07) is 65.3. The second kappa shape index (κ2) is 50.8. The second-order valence-corrected chi connectivity index (χ2v) is 42.8. The number of benzene rings is 9. The van der Waals surface area contributed by atoms with E-state index in [0.29, 0.717) is 117 Å². The Kier molecular flexibility index (Phi) is 38.4. The normalized spacial score (nSPS) is 14.7. The summed E-state index contributed by atoms with van der Waals surface area (Å²) in [6.45, 7) is 8.04. The van der Waals surface area contributed by atoms with Gasteiger partial charge < -0.3 is 51.9 Å². The number of carbonyl (C=O) groups excluding carboxylic acids is 8. The zero-order valence-electron chi connectivity index (χ0n) is 77.5. The van der Waals surface area contributed by atoms with Gasteiger partial charge in [0.2, 0.25) is 92.5 Å². The molecule has 139 heavy (non-hydrogen) atoms. The van der Waals surface area contributed by atoms with E-state index < -0.39 is 76.1 Å². The molecule has 4 unspecified atom stereocenters. The summed E-state index contributed by atoms with van der Waals surface area (Å²) >= 11 is 2.75. The predicted octanol–water partition coefficient (Wildman–Crippen LogP) is 11.8. The van der Waals surface area contributed by atoms with Crippen LogP contribution in [0.5, 0.6) is 0 Å². The Hall–Kier alpha value is -12.7. The number of aryl methyl sites for hydroxylation is 4. The molecule has 16 rings (SSSR count). The molecule has 6 heterocycles. The zero-order valence-corrected chi connectivity index (χ0v) is 82.4. The molecule has 4 aliphatic heterocycles. The number of anilines is 6. The maximum absolute atomic E-state index is 13.3. The van der Waals surface area contributed by atoms with Crippen molar-refractivity contribution in [2.45, 2.75) is 191 Å². The van der Waals surface area contributed by atoms with Crippen LogP contribution in [0.3, 0.4) is 0 Å². The average Bonchev–Trinajstić information content (AvgIpc) is 1.21. The summed E-state index contributed by atoms with van der Waals surface area (Å²) in [5.74, 6) is -0.584. The van der Waals surface area contributed by atoms with Crippen molar-refractivity contribution in [1.82, 2.24) is 44.6 Å². The van der Waals surface area contributed by atoms with Crippen LogP contribution in [0.1, 0.15) is 129 Å². The molecule has 4 atom stereocenters. The SMILES string of the molecule is CCN(CC)C(=O)C(Cc1ccccc1)NS(=O)(=O)c1ccc2c(c1)CCC(=O)N2.CCSc1nnc(NC(=O)C(Cc2ccccc2)NS(=O)(=O)c2ccc3c(c2)CCC(=O)N3)s1.CN(CCCNC(=O)C(Cc1ccccc1)NS(=O)(=O)c1ccc2c(c1)CCC(=O)N2)c1ccccc1.NC1CCCC1.O=C1CCc2cc(S(=O)(=O)NC(Cc3ccccc3)C(=O)NCc3ccco3)ccc2N1. The number of hydrogen-bond donors (Lipinski definition) is 12.